The zero-order valence-corrected chi connectivity index (χ0v) is 11.3. The molecule has 6 nitrogen and oxygen atoms in total. The van der Waals surface area contributed by atoms with E-state index in [-0.39, 0.29) is 23.5 Å². The van der Waals surface area contributed by atoms with E-state index in [1.807, 2.05) is 0 Å². The van der Waals surface area contributed by atoms with Gasteiger partial charge in [-0.05, 0) is 25.0 Å². The first-order chi connectivity index (χ1) is 8.93. The number of rotatable bonds is 8. The Balaban J connectivity index is 2.40. The van der Waals surface area contributed by atoms with Gasteiger partial charge in [0.1, 0.15) is 4.90 Å². The molecule has 0 unspecified atom stereocenters. The van der Waals surface area contributed by atoms with Crippen molar-refractivity contribution in [2.24, 2.45) is 0 Å². The summed E-state index contributed by atoms with van der Waals surface area (Å²) in [4.78, 5) is 10.4. The number of aliphatic carboxylic acids is 1. The molecule has 0 radical (unpaired) electrons. The molecule has 0 aliphatic rings. The van der Waals surface area contributed by atoms with Crippen LogP contribution in [0.2, 0.25) is 0 Å². The number of hydrogen-bond donors (Lipinski definition) is 3. The second-order valence-electron chi connectivity index (χ2n) is 4.14. The fourth-order valence-corrected chi connectivity index (χ4v) is 2.79. The first-order valence-electron chi connectivity index (χ1n) is 5.99. The Morgan fingerprint density at radius 3 is 2.53 bits per heavy atom. The third-order valence-electron chi connectivity index (χ3n) is 2.57. The smallest absolute Gasteiger partial charge is 0.303 e. The molecule has 0 aliphatic heterocycles. The number of hydrogen-bond acceptors (Lipinski definition) is 4. The molecule has 1 rings (SSSR count). The molecule has 1 aromatic carbocycles. The number of benzene rings is 1. The van der Waals surface area contributed by atoms with Gasteiger partial charge in [0.05, 0.1) is 5.69 Å². The number of carboxylic acids is 1. The summed E-state index contributed by atoms with van der Waals surface area (Å²) in [7, 11) is -3.59. The molecule has 0 saturated heterocycles. The first-order valence-corrected chi connectivity index (χ1v) is 7.48. The molecule has 0 bridgehead atoms. The van der Waals surface area contributed by atoms with Gasteiger partial charge in [-0.2, -0.15) is 0 Å². The van der Waals surface area contributed by atoms with Gasteiger partial charge in [-0.15, -0.1) is 0 Å². The van der Waals surface area contributed by atoms with E-state index in [1.165, 1.54) is 12.1 Å². The maximum atomic E-state index is 11.9. The largest absolute Gasteiger partial charge is 0.481 e. The van der Waals surface area contributed by atoms with Gasteiger partial charge in [-0.1, -0.05) is 18.6 Å². The molecular formula is C12H18N2O4S. The molecule has 1 aromatic rings. The van der Waals surface area contributed by atoms with E-state index in [0.29, 0.717) is 19.3 Å². The van der Waals surface area contributed by atoms with Crippen molar-refractivity contribution in [1.29, 1.82) is 0 Å². The highest BCUT2D eigenvalue weighted by atomic mass is 32.2. The Hall–Kier alpha value is -1.60. The molecule has 0 atom stereocenters. The zero-order chi connectivity index (χ0) is 14.3. The zero-order valence-electron chi connectivity index (χ0n) is 10.5. The van der Waals surface area contributed by atoms with E-state index in [2.05, 4.69) is 4.72 Å². The van der Waals surface area contributed by atoms with E-state index in [9.17, 15) is 13.2 Å². The van der Waals surface area contributed by atoms with Gasteiger partial charge in [0, 0.05) is 13.0 Å². The lowest BCUT2D eigenvalue weighted by molar-refractivity contribution is -0.137. The van der Waals surface area contributed by atoms with Crippen LogP contribution in [0.25, 0.3) is 0 Å². The average Bonchev–Trinajstić information content (AvgIpc) is 2.33. The summed E-state index contributed by atoms with van der Waals surface area (Å²) >= 11 is 0. The van der Waals surface area contributed by atoms with E-state index in [4.69, 9.17) is 10.8 Å². The predicted octanol–water partition coefficient (Wildman–Crippen LogP) is 1.19. The SMILES string of the molecule is Nc1ccccc1S(=O)(=O)NCCCCCC(=O)O. The van der Waals surface area contributed by atoms with Gasteiger partial charge < -0.3 is 10.8 Å². The number of carbonyl (C=O) groups is 1. The van der Waals surface area contributed by atoms with Crippen molar-refractivity contribution in [2.45, 2.75) is 30.6 Å². The van der Waals surface area contributed by atoms with Crippen LogP contribution >= 0.6 is 0 Å². The van der Waals surface area contributed by atoms with Crippen LogP contribution in [0.5, 0.6) is 0 Å². The average molecular weight is 286 g/mol. The van der Waals surface area contributed by atoms with Crippen LogP contribution in [0.1, 0.15) is 25.7 Å². The highest BCUT2D eigenvalue weighted by molar-refractivity contribution is 7.89. The van der Waals surface area contributed by atoms with Crippen LogP contribution in [0.4, 0.5) is 5.69 Å². The Morgan fingerprint density at radius 2 is 1.89 bits per heavy atom. The van der Waals surface area contributed by atoms with Crippen molar-refractivity contribution in [3.63, 3.8) is 0 Å². The number of nitrogens with two attached hydrogens (primary N) is 1. The molecule has 0 saturated carbocycles. The van der Waals surface area contributed by atoms with Crippen molar-refractivity contribution in [3.8, 4) is 0 Å². The summed E-state index contributed by atoms with van der Waals surface area (Å²) < 4.78 is 26.3. The van der Waals surface area contributed by atoms with Gasteiger partial charge in [-0.3, -0.25) is 4.79 Å². The molecule has 19 heavy (non-hydrogen) atoms. The van der Waals surface area contributed by atoms with Crippen LogP contribution in [-0.2, 0) is 14.8 Å². The molecule has 0 amide bonds. The monoisotopic (exact) mass is 286 g/mol. The number of para-hydroxylation sites is 1. The fourth-order valence-electron chi connectivity index (χ4n) is 1.59. The Kier molecular flexibility index (Phi) is 5.78. The van der Waals surface area contributed by atoms with E-state index in [0.717, 1.165) is 0 Å². The van der Waals surface area contributed by atoms with Gasteiger partial charge in [0.2, 0.25) is 10.0 Å². The number of nitrogen functional groups attached to an aromatic ring is 1. The molecule has 7 heteroatoms. The summed E-state index contributed by atoms with van der Waals surface area (Å²) in [5, 5.41) is 8.45. The van der Waals surface area contributed by atoms with Gasteiger partial charge >= 0.3 is 5.97 Å². The second-order valence-corrected chi connectivity index (χ2v) is 5.88. The molecule has 0 heterocycles. The van der Waals surface area contributed by atoms with Gasteiger partial charge in [0.15, 0.2) is 0 Å². The minimum Gasteiger partial charge on any atom is -0.481 e. The van der Waals surface area contributed by atoms with E-state index in [1.54, 1.807) is 12.1 Å². The molecular weight excluding hydrogens is 268 g/mol. The molecule has 0 aromatic heterocycles. The van der Waals surface area contributed by atoms with Crippen LogP contribution in [0.15, 0.2) is 29.2 Å². The number of carboxylic acid groups (broad SMARTS) is 1. The van der Waals surface area contributed by atoms with Crippen molar-refractivity contribution in [1.82, 2.24) is 4.72 Å². The lowest BCUT2D eigenvalue weighted by Gasteiger charge is -2.08. The maximum Gasteiger partial charge on any atom is 0.303 e. The number of nitrogens with one attached hydrogen (secondary N) is 1. The minimum atomic E-state index is -3.59. The first kappa shape index (κ1) is 15.5. The molecule has 0 spiro atoms. The van der Waals surface area contributed by atoms with Gasteiger partial charge in [0.25, 0.3) is 0 Å². The third kappa shape index (κ3) is 5.27. The lowest BCUT2D eigenvalue weighted by atomic mass is 10.2. The normalized spacial score (nSPS) is 11.4. The summed E-state index contributed by atoms with van der Waals surface area (Å²) in [5.74, 6) is -0.836. The fraction of sp³-hybridized carbons (Fsp3) is 0.417. The lowest BCUT2D eigenvalue weighted by Crippen LogP contribution is -2.25. The Bertz CT molecular complexity index is 528. The van der Waals surface area contributed by atoms with Crippen molar-refractivity contribution < 1.29 is 18.3 Å². The second kappa shape index (κ2) is 7.10. The molecule has 0 aliphatic carbocycles. The van der Waals surface area contributed by atoms with Crippen LogP contribution < -0.4 is 10.5 Å². The van der Waals surface area contributed by atoms with E-state index >= 15 is 0 Å². The van der Waals surface area contributed by atoms with Crippen molar-refractivity contribution in [3.05, 3.63) is 24.3 Å². The minimum absolute atomic E-state index is 0.0699. The highest BCUT2D eigenvalue weighted by Gasteiger charge is 2.15. The summed E-state index contributed by atoms with van der Waals surface area (Å²) in [6.07, 6.45) is 1.92. The standard InChI is InChI=1S/C12H18N2O4S/c13-10-6-3-4-7-11(10)19(17,18)14-9-5-1-2-8-12(15)16/h3-4,6-7,14H,1-2,5,8-9,13H2,(H,15,16). The highest BCUT2D eigenvalue weighted by Crippen LogP contribution is 2.16. The summed E-state index contributed by atoms with van der Waals surface area (Å²) in [6, 6.07) is 6.25. The number of sulfonamides is 1. The maximum absolute atomic E-state index is 11.9. The Labute approximate surface area is 112 Å². The molecule has 4 N–H and O–H groups in total. The van der Waals surface area contributed by atoms with Crippen molar-refractivity contribution >= 4 is 21.7 Å². The van der Waals surface area contributed by atoms with Crippen LogP contribution in [0.3, 0.4) is 0 Å². The number of unbranched alkanes of at least 4 members (excludes halogenated alkanes) is 2. The quantitative estimate of drug-likeness (QED) is 0.491. The topological polar surface area (TPSA) is 109 Å². The summed E-state index contributed by atoms with van der Waals surface area (Å²) in [6.45, 7) is 0.274. The number of anilines is 1. The third-order valence-corrected chi connectivity index (χ3v) is 4.10. The van der Waals surface area contributed by atoms with Crippen LogP contribution in [-0.4, -0.2) is 26.0 Å². The molecule has 0 fully saturated rings. The van der Waals surface area contributed by atoms with E-state index < -0.39 is 16.0 Å². The summed E-state index contributed by atoms with van der Waals surface area (Å²) in [5.41, 5.74) is 5.82. The predicted molar refractivity (Wildman–Crippen MR) is 72.1 cm³/mol. The van der Waals surface area contributed by atoms with Crippen LogP contribution in [0, 0.1) is 0 Å². The van der Waals surface area contributed by atoms with Gasteiger partial charge in [-0.25, -0.2) is 13.1 Å². The molecule has 106 valence electrons. The van der Waals surface area contributed by atoms with Crippen molar-refractivity contribution in [2.75, 3.05) is 12.3 Å². The Morgan fingerprint density at radius 1 is 1.21 bits per heavy atom.